The minimum absolute atomic E-state index is 0.0712. The van der Waals surface area contributed by atoms with Gasteiger partial charge in [-0.2, -0.15) is 0 Å². The van der Waals surface area contributed by atoms with Crippen LogP contribution in [-0.2, 0) is 4.79 Å². The standard InChI is InChI=1S/C8H9ClIO2/c1-2-5-3-7(9)10-4-6(5)8(11)12/h3-4,7H,2H2,1H3,(H,11,12)/q-1. The molecule has 0 fully saturated rings. The van der Waals surface area contributed by atoms with Crippen LogP contribution in [0.5, 0.6) is 0 Å². The van der Waals surface area contributed by atoms with Gasteiger partial charge in [-0.05, 0) is 0 Å². The number of hydrogen-bond acceptors (Lipinski definition) is 1. The van der Waals surface area contributed by atoms with Crippen molar-refractivity contribution >= 4 is 17.6 Å². The first-order chi connectivity index (χ1) is 5.65. The first kappa shape index (κ1) is 10.1. The molecule has 68 valence electrons. The predicted octanol–water partition coefficient (Wildman–Crippen LogP) is -1.04. The molecule has 2 nitrogen and oxygen atoms in total. The van der Waals surface area contributed by atoms with Crippen molar-refractivity contribution in [3.8, 4) is 0 Å². The third kappa shape index (κ3) is 2.23. The molecule has 0 radical (unpaired) electrons. The van der Waals surface area contributed by atoms with Crippen LogP contribution in [0.1, 0.15) is 13.3 Å². The van der Waals surface area contributed by atoms with Gasteiger partial charge in [0, 0.05) is 0 Å². The van der Waals surface area contributed by atoms with Gasteiger partial charge in [-0.3, -0.25) is 0 Å². The second-order valence-electron chi connectivity index (χ2n) is 2.33. The monoisotopic (exact) mass is 299 g/mol. The van der Waals surface area contributed by atoms with E-state index in [0.717, 1.165) is 12.0 Å². The van der Waals surface area contributed by atoms with Gasteiger partial charge in [0.05, 0.1) is 0 Å². The molecule has 1 aliphatic heterocycles. The normalized spacial score (nSPS) is 23.7. The summed E-state index contributed by atoms with van der Waals surface area (Å²) in [6, 6.07) is 0. The van der Waals surface area contributed by atoms with Crippen LogP contribution in [0.25, 0.3) is 0 Å². The van der Waals surface area contributed by atoms with Crippen LogP contribution in [0.2, 0.25) is 0 Å². The Labute approximate surface area is 86.6 Å². The predicted molar refractivity (Wildman–Crippen MR) is 43.7 cm³/mol. The molecule has 1 unspecified atom stereocenters. The Morgan fingerprint density at radius 2 is 2.50 bits per heavy atom. The van der Waals surface area contributed by atoms with E-state index in [9.17, 15) is 4.79 Å². The molecule has 0 amide bonds. The first-order valence-electron chi connectivity index (χ1n) is 3.55. The molecule has 0 saturated carbocycles. The number of hydrogen-bond donors (Lipinski definition) is 1. The van der Waals surface area contributed by atoms with E-state index in [2.05, 4.69) is 0 Å². The Balaban J connectivity index is 2.88. The van der Waals surface area contributed by atoms with Gasteiger partial charge in [-0.15, -0.1) is 0 Å². The van der Waals surface area contributed by atoms with E-state index in [1.807, 2.05) is 13.0 Å². The number of allylic oxidation sites excluding steroid dienone is 1. The van der Waals surface area contributed by atoms with Crippen LogP contribution < -0.4 is 21.2 Å². The zero-order chi connectivity index (χ0) is 9.14. The molecule has 0 aliphatic carbocycles. The van der Waals surface area contributed by atoms with Crippen molar-refractivity contribution < 1.29 is 31.1 Å². The Bertz CT molecular complexity index is 258. The van der Waals surface area contributed by atoms with E-state index in [4.69, 9.17) is 16.7 Å². The van der Waals surface area contributed by atoms with Gasteiger partial charge in [0.15, 0.2) is 0 Å². The van der Waals surface area contributed by atoms with Crippen molar-refractivity contribution in [3.63, 3.8) is 0 Å². The maximum absolute atomic E-state index is 10.7. The van der Waals surface area contributed by atoms with E-state index in [-0.39, 0.29) is 24.6 Å². The molecule has 1 atom stereocenters. The maximum atomic E-state index is 10.7. The van der Waals surface area contributed by atoms with Gasteiger partial charge in [-0.25, -0.2) is 0 Å². The molecule has 0 spiro atoms. The Kier molecular flexibility index (Phi) is 3.58. The van der Waals surface area contributed by atoms with Gasteiger partial charge in [0.2, 0.25) is 0 Å². The number of carboxylic acids is 1. The van der Waals surface area contributed by atoms with Gasteiger partial charge in [-0.1, -0.05) is 0 Å². The molecular weight excluding hydrogens is 290 g/mol. The average molecular weight is 300 g/mol. The van der Waals surface area contributed by atoms with Crippen molar-refractivity contribution in [1.29, 1.82) is 0 Å². The summed E-state index contributed by atoms with van der Waals surface area (Å²) in [6.07, 6.45) is 2.61. The molecule has 0 aromatic rings. The van der Waals surface area contributed by atoms with Gasteiger partial charge in [0.1, 0.15) is 0 Å². The number of rotatable bonds is 2. The molecule has 1 rings (SSSR count). The Hall–Kier alpha value is -0.0300. The van der Waals surface area contributed by atoms with Crippen molar-refractivity contribution in [2.75, 3.05) is 0 Å². The van der Waals surface area contributed by atoms with E-state index < -0.39 is 5.97 Å². The average Bonchev–Trinajstić information content (AvgIpc) is 2.03. The SMILES string of the molecule is CCC1=CC(Cl)[I-]C=C1C(=O)O. The van der Waals surface area contributed by atoms with Crippen molar-refractivity contribution in [2.45, 2.75) is 16.7 Å². The zero-order valence-corrected chi connectivity index (χ0v) is 9.46. The molecule has 0 bridgehead atoms. The Morgan fingerprint density at radius 1 is 1.83 bits per heavy atom. The van der Waals surface area contributed by atoms with Gasteiger partial charge in [0.25, 0.3) is 0 Å². The number of alkyl halides is 2. The van der Waals surface area contributed by atoms with Crippen molar-refractivity contribution in [3.05, 3.63) is 21.3 Å². The van der Waals surface area contributed by atoms with Crippen molar-refractivity contribution in [1.82, 2.24) is 0 Å². The quantitative estimate of drug-likeness (QED) is 0.522. The second-order valence-corrected chi connectivity index (χ2v) is 6.22. The van der Waals surface area contributed by atoms with E-state index in [1.54, 1.807) is 4.08 Å². The van der Waals surface area contributed by atoms with E-state index in [1.165, 1.54) is 0 Å². The number of aliphatic carboxylic acids is 1. The number of carboxylic acid groups (broad SMARTS) is 1. The molecular formula is C8H9ClIO2-. The van der Waals surface area contributed by atoms with Gasteiger partial charge >= 0.3 is 86.7 Å². The van der Waals surface area contributed by atoms with Crippen LogP contribution in [-0.4, -0.2) is 14.5 Å². The first-order valence-corrected chi connectivity index (χ1v) is 6.48. The summed E-state index contributed by atoms with van der Waals surface area (Å²) in [4.78, 5) is 10.7. The fourth-order valence-corrected chi connectivity index (χ4v) is 3.45. The topological polar surface area (TPSA) is 37.3 Å². The minimum atomic E-state index is -0.827. The van der Waals surface area contributed by atoms with Crippen LogP contribution in [0.4, 0.5) is 0 Å². The molecule has 1 aliphatic rings. The summed E-state index contributed by atoms with van der Waals surface area (Å²) in [6.45, 7) is 1.94. The molecule has 0 aromatic heterocycles. The third-order valence-electron chi connectivity index (χ3n) is 1.58. The Morgan fingerprint density at radius 3 is 3.00 bits per heavy atom. The fourth-order valence-electron chi connectivity index (χ4n) is 0.964. The van der Waals surface area contributed by atoms with Crippen LogP contribution in [0.15, 0.2) is 21.3 Å². The fraction of sp³-hybridized carbons (Fsp3) is 0.375. The summed E-state index contributed by atoms with van der Waals surface area (Å²) in [7, 11) is 0. The van der Waals surface area contributed by atoms with Crippen LogP contribution in [0, 0.1) is 0 Å². The summed E-state index contributed by atoms with van der Waals surface area (Å²) in [5, 5.41) is 8.79. The number of halogens is 2. The van der Waals surface area contributed by atoms with Crippen LogP contribution >= 0.6 is 11.6 Å². The summed E-state index contributed by atoms with van der Waals surface area (Å²) >= 11 is 5.59. The second kappa shape index (κ2) is 4.28. The molecule has 0 aromatic carbocycles. The van der Waals surface area contributed by atoms with Crippen molar-refractivity contribution in [2.24, 2.45) is 0 Å². The molecule has 4 heteroatoms. The summed E-state index contributed by atoms with van der Waals surface area (Å²) in [5.41, 5.74) is 1.33. The molecule has 12 heavy (non-hydrogen) atoms. The molecule has 1 heterocycles. The van der Waals surface area contributed by atoms with Crippen LogP contribution in [0.3, 0.4) is 0 Å². The molecule has 0 saturated heterocycles. The third-order valence-corrected chi connectivity index (χ3v) is 4.37. The van der Waals surface area contributed by atoms with Gasteiger partial charge < -0.3 is 0 Å². The molecule has 1 N–H and O–H groups in total. The zero-order valence-electron chi connectivity index (χ0n) is 6.55. The number of carbonyl (C=O) groups is 1. The summed E-state index contributed by atoms with van der Waals surface area (Å²) < 4.78 is 1.87. The van der Waals surface area contributed by atoms with E-state index >= 15 is 0 Å². The summed E-state index contributed by atoms with van der Waals surface area (Å²) in [5.74, 6) is -0.827. The van der Waals surface area contributed by atoms with E-state index in [0.29, 0.717) is 5.57 Å².